The van der Waals surface area contributed by atoms with E-state index in [2.05, 4.69) is 0 Å². The molecular formula is C6H15Cl2O2P. The van der Waals surface area contributed by atoms with Gasteiger partial charge in [-0.1, -0.05) is 19.3 Å². The SMILES string of the molecule is Cl.Cl.O=[PH](O)C1CCCCC1. The number of rotatable bonds is 1. The summed E-state index contributed by atoms with van der Waals surface area (Å²) < 4.78 is 10.5. The van der Waals surface area contributed by atoms with Crippen LogP contribution in [0.15, 0.2) is 0 Å². The van der Waals surface area contributed by atoms with E-state index in [4.69, 9.17) is 4.89 Å². The van der Waals surface area contributed by atoms with Gasteiger partial charge in [-0.25, -0.2) is 0 Å². The molecule has 0 aromatic rings. The van der Waals surface area contributed by atoms with Gasteiger partial charge in [0.2, 0.25) is 0 Å². The van der Waals surface area contributed by atoms with Crippen molar-refractivity contribution in [2.75, 3.05) is 0 Å². The van der Waals surface area contributed by atoms with E-state index in [0.29, 0.717) is 0 Å². The molecule has 0 aromatic carbocycles. The topological polar surface area (TPSA) is 37.3 Å². The lowest BCUT2D eigenvalue weighted by Gasteiger charge is -2.17. The second kappa shape index (κ2) is 7.42. The Labute approximate surface area is 80.4 Å². The molecule has 0 radical (unpaired) electrons. The highest BCUT2D eigenvalue weighted by atomic mass is 35.5. The Hall–Kier alpha value is 0.770. The molecule has 1 N–H and O–H groups in total. The van der Waals surface area contributed by atoms with Gasteiger partial charge in [-0.2, -0.15) is 0 Å². The van der Waals surface area contributed by atoms with Crippen LogP contribution in [0, 0.1) is 0 Å². The standard InChI is InChI=1S/C6H13O2P.2ClH/c7-9(8)6-4-2-1-3-5-6;;/h6,9H,1-5H2,(H,7,8);2*1H. The summed E-state index contributed by atoms with van der Waals surface area (Å²) in [6.45, 7) is 0. The van der Waals surface area contributed by atoms with Gasteiger partial charge in [0.15, 0.2) is 8.03 Å². The third-order valence-corrected chi connectivity index (χ3v) is 3.23. The molecule has 1 aliphatic rings. The molecule has 0 bridgehead atoms. The number of hydrogen-bond acceptors (Lipinski definition) is 1. The molecule has 2 nitrogen and oxygen atoms in total. The monoisotopic (exact) mass is 220 g/mol. The maximum Gasteiger partial charge on any atom is 0.192 e. The molecule has 0 saturated heterocycles. The largest absolute Gasteiger partial charge is 0.346 e. The molecule has 0 spiro atoms. The number of hydrogen-bond donors (Lipinski definition) is 1. The van der Waals surface area contributed by atoms with E-state index < -0.39 is 8.03 Å². The second-order valence-corrected chi connectivity index (χ2v) is 4.17. The van der Waals surface area contributed by atoms with Gasteiger partial charge in [-0.15, -0.1) is 24.8 Å². The maximum atomic E-state index is 10.5. The van der Waals surface area contributed by atoms with Crippen LogP contribution in [0.25, 0.3) is 0 Å². The summed E-state index contributed by atoms with van der Waals surface area (Å²) in [7, 11) is -2.19. The van der Waals surface area contributed by atoms with Gasteiger partial charge in [0.25, 0.3) is 0 Å². The molecule has 1 aliphatic carbocycles. The first kappa shape index (κ1) is 14.3. The van der Waals surface area contributed by atoms with Crippen LogP contribution in [-0.4, -0.2) is 10.6 Å². The molecule has 1 rings (SSSR count). The molecule has 0 amide bonds. The Kier molecular flexibility index (Phi) is 9.65. The summed E-state index contributed by atoms with van der Waals surface area (Å²) >= 11 is 0. The fourth-order valence-corrected chi connectivity index (χ4v) is 2.25. The highest BCUT2D eigenvalue weighted by Crippen LogP contribution is 2.34. The molecule has 0 heterocycles. The fourth-order valence-electron chi connectivity index (χ4n) is 1.35. The maximum absolute atomic E-state index is 10.5. The van der Waals surface area contributed by atoms with Gasteiger partial charge < -0.3 is 4.89 Å². The molecule has 11 heavy (non-hydrogen) atoms. The zero-order chi connectivity index (χ0) is 6.69. The minimum Gasteiger partial charge on any atom is -0.346 e. The van der Waals surface area contributed by atoms with Crippen molar-refractivity contribution in [1.29, 1.82) is 0 Å². The summed E-state index contributed by atoms with van der Waals surface area (Å²) in [5, 5.41) is 0. The summed E-state index contributed by atoms with van der Waals surface area (Å²) in [4.78, 5) is 8.72. The van der Waals surface area contributed by atoms with Gasteiger partial charge in [0.05, 0.1) is 0 Å². The highest BCUT2D eigenvalue weighted by Gasteiger charge is 2.16. The van der Waals surface area contributed by atoms with Gasteiger partial charge in [-0.05, 0) is 12.8 Å². The van der Waals surface area contributed by atoms with Crippen LogP contribution in [-0.2, 0) is 4.57 Å². The van der Waals surface area contributed by atoms with Crippen molar-refractivity contribution in [1.82, 2.24) is 0 Å². The first-order chi connectivity index (χ1) is 4.30. The van der Waals surface area contributed by atoms with Crippen LogP contribution in [0.2, 0.25) is 0 Å². The van der Waals surface area contributed by atoms with Crippen LogP contribution < -0.4 is 0 Å². The average molecular weight is 221 g/mol. The van der Waals surface area contributed by atoms with Crippen LogP contribution in [0.4, 0.5) is 0 Å². The van der Waals surface area contributed by atoms with Crippen LogP contribution >= 0.6 is 32.8 Å². The van der Waals surface area contributed by atoms with Crippen molar-refractivity contribution < 1.29 is 9.46 Å². The van der Waals surface area contributed by atoms with Crippen molar-refractivity contribution in [2.24, 2.45) is 0 Å². The molecule has 1 atom stereocenters. The van der Waals surface area contributed by atoms with Crippen molar-refractivity contribution >= 4 is 32.8 Å². The van der Waals surface area contributed by atoms with Crippen molar-refractivity contribution in [3.63, 3.8) is 0 Å². The molecule has 1 fully saturated rings. The molecule has 0 aliphatic heterocycles. The minimum absolute atomic E-state index is 0. The summed E-state index contributed by atoms with van der Waals surface area (Å²) in [6, 6.07) is 0. The lowest BCUT2D eigenvalue weighted by molar-refractivity contribution is 0.442. The molecule has 70 valence electrons. The Morgan fingerprint density at radius 1 is 1.09 bits per heavy atom. The van der Waals surface area contributed by atoms with E-state index in [1.54, 1.807) is 0 Å². The van der Waals surface area contributed by atoms with E-state index in [-0.39, 0.29) is 30.5 Å². The third-order valence-electron chi connectivity index (χ3n) is 1.95. The first-order valence-corrected chi connectivity index (χ1v) is 4.97. The van der Waals surface area contributed by atoms with Gasteiger partial charge in [0.1, 0.15) is 0 Å². The quantitative estimate of drug-likeness (QED) is 0.691. The molecule has 5 heteroatoms. The van der Waals surface area contributed by atoms with Gasteiger partial charge in [-0.3, -0.25) is 4.57 Å². The Balaban J connectivity index is 0. The zero-order valence-corrected chi connectivity index (χ0v) is 8.92. The van der Waals surface area contributed by atoms with Crippen molar-refractivity contribution in [3.8, 4) is 0 Å². The van der Waals surface area contributed by atoms with E-state index in [1.807, 2.05) is 0 Å². The predicted octanol–water partition coefficient (Wildman–Crippen LogP) is 2.63. The van der Waals surface area contributed by atoms with E-state index in [0.717, 1.165) is 25.7 Å². The zero-order valence-electron chi connectivity index (χ0n) is 6.28. The molecule has 0 aromatic heterocycles. The molecule has 1 saturated carbocycles. The normalized spacial score (nSPS) is 21.2. The van der Waals surface area contributed by atoms with Crippen LogP contribution in [0.5, 0.6) is 0 Å². The summed E-state index contributed by atoms with van der Waals surface area (Å²) in [5.41, 5.74) is 0.156. The molecule has 1 unspecified atom stereocenters. The lowest BCUT2D eigenvalue weighted by Crippen LogP contribution is -2.06. The minimum atomic E-state index is -2.19. The molecular weight excluding hydrogens is 206 g/mol. The Morgan fingerprint density at radius 2 is 1.55 bits per heavy atom. The Bertz CT molecular complexity index is 115. The average Bonchev–Trinajstić information content (AvgIpc) is 1.90. The van der Waals surface area contributed by atoms with Crippen molar-refractivity contribution in [2.45, 2.75) is 37.8 Å². The predicted molar refractivity (Wildman–Crippen MR) is 52.6 cm³/mol. The first-order valence-electron chi connectivity index (χ1n) is 3.53. The van der Waals surface area contributed by atoms with Crippen LogP contribution in [0.1, 0.15) is 32.1 Å². The van der Waals surface area contributed by atoms with Gasteiger partial charge >= 0.3 is 0 Å². The van der Waals surface area contributed by atoms with Crippen molar-refractivity contribution in [3.05, 3.63) is 0 Å². The Morgan fingerprint density at radius 3 is 1.82 bits per heavy atom. The van der Waals surface area contributed by atoms with Gasteiger partial charge in [0, 0.05) is 5.66 Å². The van der Waals surface area contributed by atoms with E-state index in [9.17, 15) is 4.57 Å². The summed E-state index contributed by atoms with van der Waals surface area (Å²) in [6.07, 6.45) is 5.53. The number of halogens is 2. The van der Waals surface area contributed by atoms with E-state index in [1.165, 1.54) is 6.42 Å². The highest BCUT2D eigenvalue weighted by molar-refractivity contribution is 7.38. The third kappa shape index (κ3) is 5.08. The lowest BCUT2D eigenvalue weighted by atomic mass is 10.0. The smallest absolute Gasteiger partial charge is 0.192 e. The summed E-state index contributed by atoms with van der Waals surface area (Å²) in [5.74, 6) is 0. The fraction of sp³-hybridized carbons (Fsp3) is 1.00. The van der Waals surface area contributed by atoms with E-state index >= 15 is 0 Å². The second-order valence-electron chi connectivity index (χ2n) is 2.67. The van der Waals surface area contributed by atoms with Crippen LogP contribution in [0.3, 0.4) is 0 Å².